The van der Waals surface area contributed by atoms with E-state index in [4.69, 9.17) is 0 Å². The Morgan fingerprint density at radius 3 is 2.75 bits per heavy atom. The van der Waals surface area contributed by atoms with E-state index in [-0.39, 0.29) is 5.91 Å². The van der Waals surface area contributed by atoms with E-state index in [0.717, 1.165) is 14.9 Å². The third-order valence-electron chi connectivity index (χ3n) is 3.36. The highest BCUT2D eigenvalue weighted by Gasteiger charge is 2.14. The summed E-state index contributed by atoms with van der Waals surface area (Å²) >= 11 is 4.83. The van der Waals surface area contributed by atoms with Gasteiger partial charge >= 0.3 is 0 Å². The molecular formula is C16H14BrN5OS. The molecule has 3 rings (SSSR count). The molecule has 1 aromatic heterocycles. The first-order valence-electron chi connectivity index (χ1n) is 7.11. The second-order valence-electron chi connectivity index (χ2n) is 5.10. The van der Waals surface area contributed by atoms with Gasteiger partial charge in [-0.05, 0) is 58.9 Å². The zero-order chi connectivity index (χ0) is 17.1. The van der Waals surface area contributed by atoms with Crippen LogP contribution in [0.4, 0.5) is 5.69 Å². The highest BCUT2D eigenvalue weighted by molar-refractivity contribution is 9.10. The van der Waals surface area contributed by atoms with Gasteiger partial charge in [0.25, 0.3) is 5.91 Å². The van der Waals surface area contributed by atoms with Gasteiger partial charge in [-0.3, -0.25) is 4.79 Å². The van der Waals surface area contributed by atoms with Gasteiger partial charge < -0.3 is 5.32 Å². The van der Waals surface area contributed by atoms with Crippen molar-refractivity contribution in [1.82, 2.24) is 20.2 Å². The molecule has 1 amide bonds. The minimum Gasteiger partial charge on any atom is -0.321 e. The minimum atomic E-state index is -0.149. The maximum Gasteiger partial charge on any atom is 0.255 e. The lowest BCUT2D eigenvalue weighted by Gasteiger charge is -2.12. The highest BCUT2D eigenvalue weighted by atomic mass is 79.9. The number of aryl methyl sites for hydroxylation is 2. The Balaban J connectivity index is 1.90. The van der Waals surface area contributed by atoms with Crippen LogP contribution in [0.2, 0.25) is 0 Å². The van der Waals surface area contributed by atoms with E-state index in [1.54, 1.807) is 11.7 Å². The third-order valence-corrected chi connectivity index (χ3v) is 4.96. The van der Waals surface area contributed by atoms with Crippen molar-refractivity contribution in [2.24, 2.45) is 7.05 Å². The Morgan fingerprint density at radius 1 is 1.25 bits per heavy atom. The topological polar surface area (TPSA) is 72.7 Å². The van der Waals surface area contributed by atoms with Gasteiger partial charge in [0.05, 0.1) is 5.69 Å². The largest absolute Gasteiger partial charge is 0.321 e. The van der Waals surface area contributed by atoms with Crippen LogP contribution < -0.4 is 5.32 Å². The molecule has 2 aromatic carbocycles. The SMILES string of the molecule is Cc1ccccc1C(=O)Nc1cc(Br)ccc1Sc1nnnn1C. The lowest BCUT2D eigenvalue weighted by molar-refractivity contribution is 0.102. The number of nitrogens with one attached hydrogen (secondary N) is 1. The quantitative estimate of drug-likeness (QED) is 0.718. The Morgan fingerprint density at radius 2 is 2.04 bits per heavy atom. The summed E-state index contributed by atoms with van der Waals surface area (Å²) in [6.07, 6.45) is 0. The Kier molecular flexibility index (Phi) is 4.96. The molecule has 24 heavy (non-hydrogen) atoms. The van der Waals surface area contributed by atoms with E-state index >= 15 is 0 Å². The van der Waals surface area contributed by atoms with Crippen LogP contribution in [0, 0.1) is 6.92 Å². The van der Waals surface area contributed by atoms with E-state index < -0.39 is 0 Å². The third kappa shape index (κ3) is 3.65. The average molecular weight is 404 g/mol. The summed E-state index contributed by atoms with van der Waals surface area (Å²) in [5.74, 6) is -0.149. The summed E-state index contributed by atoms with van der Waals surface area (Å²) in [7, 11) is 1.77. The average Bonchev–Trinajstić information content (AvgIpc) is 2.95. The summed E-state index contributed by atoms with van der Waals surface area (Å²) in [5.41, 5.74) is 2.27. The van der Waals surface area contributed by atoms with Crippen molar-refractivity contribution in [1.29, 1.82) is 0 Å². The van der Waals surface area contributed by atoms with Crippen molar-refractivity contribution < 1.29 is 4.79 Å². The number of tetrazole rings is 1. The molecule has 1 N–H and O–H groups in total. The molecule has 0 radical (unpaired) electrons. The molecule has 0 aliphatic heterocycles. The number of nitrogens with zero attached hydrogens (tertiary/aromatic N) is 4. The summed E-state index contributed by atoms with van der Waals surface area (Å²) in [4.78, 5) is 13.4. The van der Waals surface area contributed by atoms with Crippen LogP contribution in [0.15, 0.2) is 57.0 Å². The first-order valence-corrected chi connectivity index (χ1v) is 8.72. The molecule has 6 nitrogen and oxygen atoms in total. The van der Waals surface area contributed by atoms with E-state index in [0.29, 0.717) is 16.4 Å². The second-order valence-corrected chi connectivity index (χ2v) is 7.02. The van der Waals surface area contributed by atoms with Crippen molar-refractivity contribution in [3.63, 3.8) is 0 Å². The van der Waals surface area contributed by atoms with Crippen LogP contribution in [0.5, 0.6) is 0 Å². The van der Waals surface area contributed by atoms with Crippen LogP contribution in [0.25, 0.3) is 0 Å². The number of halogens is 1. The number of carbonyl (C=O) groups is 1. The standard InChI is InChI=1S/C16H14BrN5OS/c1-10-5-3-4-6-12(10)15(23)18-13-9-11(17)7-8-14(13)24-16-19-20-21-22(16)2/h3-9H,1-2H3,(H,18,23). The zero-order valence-corrected chi connectivity index (χ0v) is 15.4. The van der Waals surface area contributed by atoms with Crippen molar-refractivity contribution in [3.05, 3.63) is 58.1 Å². The molecule has 0 spiro atoms. The van der Waals surface area contributed by atoms with Crippen LogP contribution in [-0.4, -0.2) is 26.1 Å². The fraction of sp³-hybridized carbons (Fsp3) is 0.125. The van der Waals surface area contributed by atoms with E-state index in [1.165, 1.54) is 11.8 Å². The number of aromatic nitrogens is 4. The van der Waals surface area contributed by atoms with Gasteiger partial charge in [-0.2, -0.15) is 0 Å². The highest BCUT2D eigenvalue weighted by Crippen LogP contribution is 2.34. The van der Waals surface area contributed by atoms with Gasteiger partial charge in [-0.15, -0.1) is 5.10 Å². The molecule has 0 fully saturated rings. The van der Waals surface area contributed by atoms with Gasteiger partial charge in [0.1, 0.15) is 0 Å². The van der Waals surface area contributed by atoms with Gasteiger partial charge in [-0.1, -0.05) is 34.1 Å². The summed E-state index contributed by atoms with van der Waals surface area (Å²) < 4.78 is 2.46. The number of rotatable bonds is 4. The molecular weight excluding hydrogens is 390 g/mol. The number of carbonyl (C=O) groups excluding carboxylic acids is 1. The predicted octanol–water partition coefficient (Wildman–Crippen LogP) is 3.68. The maximum atomic E-state index is 12.6. The molecule has 0 saturated carbocycles. The molecule has 0 aliphatic rings. The van der Waals surface area contributed by atoms with Crippen LogP contribution in [0.1, 0.15) is 15.9 Å². The van der Waals surface area contributed by atoms with Gasteiger partial charge in [0, 0.05) is 22.0 Å². The van der Waals surface area contributed by atoms with Crippen LogP contribution in [-0.2, 0) is 7.05 Å². The second kappa shape index (κ2) is 7.14. The van der Waals surface area contributed by atoms with Crippen LogP contribution >= 0.6 is 27.7 Å². The van der Waals surface area contributed by atoms with Gasteiger partial charge in [-0.25, -0.2) is 4.68 Å². The molecule has 1 heterocycles. The molecule has 122 valence electrons. The number of hydrogen-bond acceptors (Lipinski definition) is 5. The normalized spacial score (nSPS) is 10.6. The maximum absolute atomic E-state index is 12.6. The van der Waals surface area contributed by atoms with E-state index in [9.17, 15) is 4.79 Å². The van der Waals surface area contributed by atoms with Crippen molar-refractivity contribution >= 4 is 39.3 Å². The lowest BCUT2D eigenvalue weighted by atomic mass is 10.1. The molecule has 0 aliphatic carbocycles. The Bertz CT molecular complexity index is 896. The van der Waals surface area contributed by atoms with Crippen LogP contribution in [0.3, 0.4) is 0 Å². The first-order chi connectivity index (χ1) is 11.5. The molecule has 0 atom stereocenters. The molecule has 3 aromatic rings. The molecule has 0 saturated heterocycles. The fourth-order valence-corrected chi connectivity index (χ4v) is 3.27. The summed E-state index contributed by atoms with van der Waals surface area (Å²) in [6, 6.07) is 13.2. The number of amides is 1. The van der Waals surface area contributed by atoms with Crippen molar-refractivity contribution in [2.75, 3.05) is 5.32 Å². The molecule has 0 bridgehead atoms. The lowest BCUT2D eigenvalue weighted by Crippen LogP contribution is -2.14. The number of benzene rings is 2. The molecule has 0 unspecified atom stereocenters. The number of hydrogen-bond donors (Lipinski definition) is 1. The zero-order valence-electron chi connectivity index (χ0n) is 13.0. The predicted molar refractivity (Wildman–Crippen MR) is 96.2 cm³/mol. The number of anilines is 1. The van der Waals surface area contributed by atoms with Crippen molar-refractivity contribution in [2.45, 2.75) is 17.0 Å². The summed E-state index contributed by atoms with van der Waals surface area (Å²) in [5, 5.41) is 15.0. The Hall–Kier alpha value is -2.19. The minimum absolute atomic E-state index is 0.149. The van der Waals surface area contributed by atoms with E-state index in [1.807, 2.05) is 49.4 Å². The fourth-order valence-electron chi connectivity index (χ4n) is 2.11. The van der Waals surface area contributed by atoms with Gasteiger partial charge in [0.15, 0.2) is 0 Å². The van der Waals surface area contributed by atoms with Gasteiger partial charge in [0.2, 0.25) is 5.16 Å². The Labute approximate surface area is 151 Å². The summed E-state index contributed by atoms with van der Waals surface area (Å²) in [6.45, 7) is 1.91. The molecule has 8 heteroatoms. The van der Waals surface area contributed by atoms with E-state index in [2.05, 4.69) is 36.8 Å². The monoisotopic (exact) mass is 403 g/mol. The first kappa shape index (κ1) is 16.7. The van der Waals surface area contributed by atoms with Crippen molar-refractivity contribution in [3.8, 4) is 0 Å². The smallest absolute Gasteiger partial charge is 0.255 e.